The highest BCUT2D eigenvalue weighted by Crippen LogP contribution is 2.02. The Bertz CT molecular complexity index is 131. The Morgan fingerprint density at radius 3 is 1.36 bits per heavy atom. The monoisotopic (exact) mass is 192 g/mol. The van der Waals surface area contributed by atoms with Crippen LogP contribution in [0.3, 0.4) is 0 Å². The first-order valence-corrected chi connectivity index (χ1v) is 5.96. The van der Waals surface area contributed by atoms with Gasteiger partial charge in [0, 0.05) is 12.8 Å². The van der Waals surface area contributed by atoms with Gasteiger partial charge in [0.2, 0.25) is 0 Å². The van der Waals surface area contributed by atoms with Crippen molar-refractivity contribution >= 4 is 0 Å². The minimum atomic E-state index is 1.07. The van der Waals surface area contributed by atoms with Crippen LogP contribution in [-0.4, -0.2) is 0 Å². The molecule has 0 aliphatic heterocycles. The summed E-state index contributed by atoms with van der Waals surface area (Å²) in [5.41, 5.74) is 0. The summed E-state index contributed by atoms with van der Waals surface area (Å²) in [5, 5.41) is 0. The molecule has 0 aromatic rings. The van der Waals surface area contributed by atoms with Crippen molar-refractivity contribution < 1.29 is 0 Å². The highest BCUT2D eigenvalue weighted by atomic mass is 13.9. The molecule has 0 heterocycles. The molecule has 0 bridgehead atoms. The molecule has 0 aromatic carbocycles. The third kappa shape index (κ3) is 11.6. The molecular formula is C14H24. The molecule has 2 radical (unpaired) electrons. The van der Waals surface area contributed by atoms with Gasteiger partial charge in [-0.1, -0.05) is 52.4 Å². The van der Waals surface area contributed by atoms with Crippen LogP contribution >= 0.6 is 0 Å². The zero-order chi connectivity index (χ0) is 10.5. The van der Waals surface area contributed by atoms with E-state index >= 15 is 0 Å². The van der Waals surface area contributed by atoms with Crippen molar-refractivity contribution in [1.29, 1.82) is 0 Å². The maximum Gasteiger partial charge on any atom is 0.00886 e. The normalized spacial score (nSPS) is 9.57. The fourth-order valence-electron chi connectivity index (χ4n) is 1.31. The molecule has 0 heteroatoms. The van der Waals surface area contributed by atoms with Gasteiger partial charge in [0.05, 0.1) is 0 Å². The SMILES string of the molecule is [CH2]CCCCCC#CCCCCC[CH2]. The molecule has 0 aromatic heterocycles. The first-order valence-electron chi connectivity index (χ1n) is 5.96. The molecule has 0 amide bonds. The van der Waals surface area contributed by atoms with Crippen LogP contribution in [0, 0.1) is 25.7 Å². The van der Waals surface area contributed by atoms with E-state index in [1.165, 1.54) is 38.5 Å². The molecule has 14 heavy (non-hydrogen) atoms. The lowest BCUT2D eigenvalue weighted by molar-refractivity contribution is 0.695. The van der Waals surface area contributed by atoms with Crippen molar-refractivity contribution in [1.82, 2.24) is 0 Å². The number of hydrogen-bond donors (Lipinski definition) is 0. The molecule has 0 unspecified atom stereocenters. The van der Waals surface area contributed by atoms with Gasteiger partial charge in [-0.05, 0) is 12.8 Å². The maximum absolute atomic E-state index is 3.82. The zero-order valence-electron chi connectivity index (χ0n) is 9.49. The second-order valence-electron chi connectivity index (χ2n) is 3.68. The summed E-state index contributed by atoms with van der Waals surface area (Å²) in [6.07, 6.45) is 11.9. The highest BCUT2D eigenvalue weighted by Gasteiger charge is 1.85. The fourth-order valence-corrected chi connectivity index (χ4v) is 1.31. The van der Waals surface area contributed by atoms with Crippen LogP contribution in [0.5, 0.6) is 0 Å². The van der Waals surface area contributed by atoms with Gasteiger partial charge in [0.1, 0.15) is 0 Å². The maximum atomic E-state index is 3.82. The Hall–Kier alpha value is -0.440. The van der Waals surface area contributed by atoms with Gasteiger partial charge in [0.15, 0.2) is 0 Å². The molecule has 0 nitrogen and oxygen atoms in total. The summed E-state index contributed by atoms with van der Waals surface area (Å²) in [7, 11) is 0. The smallest absolute Gasteiger partial charge is 0.00886 e. The van der Waals surface area contributed by atoms with E-state index in [-0.39, 0.29) is 0 Å². The van der Waals surface area contributed by atoms with Crippen molar-refractivity contribution in [2.75, 3.05) is 0 Å². The van der Waals surface area contributed by atoms with Crippen LogP contribution in [0.15, 0.2) is 0 Å². The van der Waals surface area contributed by atoms with E-state index in [0.717, 1.165) is 25.7 Å². The predicted octanol–water partition coefficient (Wildman–Crippen LogP) is 4.56. The van der Waals surface area contributed by atoms with Crippen molar-refractivity contribution in [3.05, 3.63) is 13.8 Å². The second kappa shape index (κ2) is 12.6. The van der Waals surface area contributed by atoms with Crippen LogP contribution in [-0.2, 0) is 0 Å². The van der Waals surface area contributed by atoms with E-state index in [1.54, 1.807) is 0 Å². The highest BCUT2D eigenvalue weighted by molar-refractivity contribution is 4.98. The Morgan fingerprint density at radius 2 is 1.00 bits per heavy atom. The Morgan fingerprint density at radius 1 is 0.571 bits per heavy atom. The average molecular weight is 192 g/mol. The molecule has 0 rings (SSSR count). The lowest BCUT2D eigenvalue weighted by atomic mass is 10.1. The Kier molecular flexibility index (Phi) is 12.2. The van der Waals surface area contributed by atoms with Crippen LogP contribution < -0.4 is 0 Å². The van der Waals surface area contributed by atoms with Crippen LogP contribution in [0.25, 0.3) is 0 Å². The van der Waals surface area contributed by atoms with Crippen molar-refractivity contribution in [3.63, 3.8) is 0 Å². The minimum Gasteiger partial charge on any atom is -0.103 e. The number of hydrogen-bond acceptors (Lipinski definition) is 0. The predicted molar refractivity (Wildman–Crippen MR) is 64.7 cm³/mol. The molecule has 0 fully saturated rings. The van der Waals surface area contributed by atoms with Crippen LogP contribution in [0.4, 0.5) is 0 Å². The lowest BCUT2D eigenvalue weighted by Crippen LogP contribution is -1.76. The number of rotatable bonds is 8. The quantitative estimate of drug-likeness (QED) is 0.390. The molecule has 0 spiro atoms. The number of unbranched alkanes of at least 4 members (excludes halogenated alkanes) is 8. The van der Waals surface area contributed by atoms with Gasteiger partial charge in [-0.25, -0.2) is 0 Å². The molecule has 0 N–H and O–H groups in total. The van der Waals surface area contributed by atoms with Crippen molar-refractivity contribution in [3.8, 4) is 11.8 Å². The topological polar surface area (TPSA) is 0 Å². The lowest BCUT2D eigenvalue weighted by Gasteiger charge is -1.93. The van der Waals surface area contributed by atoms with Crippen LogP contribution in [0.1, 0.15) is 64.2 Å². The van der Waals surface area contributed by atoms with Gasteiger partial charge >= 0.3 is 0 Å². The van der Waals surface area contributed by atoms with Gasteiger partial charge in [-0.2, -0.15) is 0 Å². The van der Waals surface area contributed by atoms with E-state index in [2.05, 4.69) is 25.7 Å². The van der Waals surface area contributed by atoms with E-state index < -0.39 is 0 Å². The van der Waals surface area contributed by atoms with Crippen molar-refractivity contribution in [2.45, 2.75) is 64.2 Å². The minimum absolute atomic E-state index is 1.07. The van der Waals surface area contributed by atoms with Gasteiger partial charge in [0.25, 0.3) is 0 Å². The molecular weight excluding hydrogens is 168 g/mol. The molecule has 0 saturated carbocycles. The molecule has 80 valence electrons. The summed E-state index contributed by atoms with van der Waals surface area (Å²) in [6.45, 7) is 7.64. The van der Waals surface area contributed by atoms with E-state index in [9.17, 15) is 0 Å². The first kappa shape index (κ1) is 13.6. The Balaban J connectivity index is 3.03. The summed E-state index contributed by atoms with van der Waals surface area (Å²) >= 11 is 0. The average Bonchev–Trinajstić information content (AvgIpc) is 2.21. The molecule has 0 aliphatic carbocycles. The summed E-state index contributed by atoms with van der Waals surface area (Å²) in [5.74, 6) is 6.47. The summed E-state index contributed by atoms with van der Waals surface area (Å²) < 4.78 is 0. The van der Waals surface area contributed by atoms with Gasteiger partial charge in [-0.15, -0.1) is 11.8 Å². The fraction of sp³-hybridized carbons (Fsp3) is 0.714. The molecule has 0 atom stereocenters. The van der Waals surface area contributed by atoms with E-state index in [1.807, 2.05) is 0 Å². The third-order valence-electron chi connectivity index (χ3n) is 2.23. The largest absolute Gasteiger partial charge is 0.103 e. The van der Waals surface area contributed by atoms with Crippen molar-refractivity contribution in [2.24, 2.45) is 0 Å². The standard InChI is InChI=1S/C14H24/c1-3-5-7-9-11-13-14-12-10-8-6-4-2/h1-12H2. The van der Waals surface area contributed by atoms with E-state index in [4.69, 9.17) is 0 Å². The Labute approximate surface area is 90.5 Å². The molecule has 0 aliphatic rings. The third-order valence-corrected chi connectivity index (χ3v) is 2.23. The summed E-state index contributed by atoms with van der Waals surface area (Å²) in [4.78, 5) is 0. The van der Waals surface area contributed by atoms with Crippen LogP contribution in [0.2, 0.25) is 0 Å². The van der Waals surface area contributed by atoms with E-state index in [0.29, 0.717) is 0 Å². The zero-order valence-corrected chi connectivity index (χ0v) is 9.49. The molecule has 0 saturated heterocycles. The van der Waals surface area contributed by atoms with Gasteiger partial charge < -0.3 is 0 Å². The summed E-state index contributed by atoms with van der Waals surface area (Å²) in [6, 6.07) is 0. The first-order chi connectivity index (χ1) is 6.91. The second-order valence-corrected chi connectivity index (χ2v) is 3.68. The van der Waals surface area contributed by atoms with Gasteiger partial charge in [-0.3, -0.25) is 0 Å².